The highest BCUT2D eigenvalue weighted by atomic mass is 35.5. The Morgan fingerprint density at radius 2 is 1.92 bits per heavy atom. The molecule has 0 spiro atoms. The third kappa shape index (κ3) is 3.97. The molecule has 2 heterocycles. The predicted octanol–water partition coefficient (Wildman–Crippen LogP) is 2.01. The van der Waals surface area contributed by atoms with E-state index in [1.165, 1.54) is 0 Å². The molecule has 2 aromatic rings. The van der Waals surface area contributed by atoms with Crippen molar-refractivity contribution in [1.82, 2.24) is 15.1 Å². The van der Waals surface area contributed by atoms with Crippen LogP contribution in [0, 0.1) is 0 Å². The molecule has 24 heavy (non-hydrogen) atoms. The molecule has 1 aromatic heterocycles. The van der Waals surface area contributed by atoms with Crippen molar-refractivity contribution in [2.24, 2.45) is 0 Å². The maximum atomic E-state index is 12.2. The van der Waals surface area contributed by atoms with Crippen molar-refractivity contribution < 1.29 is 13.9 Å². The van der Waals surface area contributed by atoms with Crippen LogP contribution in [-0.2, 0) is 11.2 Å². The van der Waals surface area contributed by atoms with Crippen molar-refractivity contribution in [3.63, 3.8) is 0 Å². The molecule has 128 valence electrons. The van der Waals surface area contributed by atoms with Crippen LogP contribution in [0.5, 0.6) is 5.75 Å². The van der Waals surface area contributed by atoms with E-state index in [-0.39, 0.29) is 12.5 Å². The summed E-state index contributed by atoms with van der Waals surface area (Å²) in [6.45, 7) is 4.52. The van der Waals surface area contributed by atoms with Gasteiger partial charge < -0.3 is 19.0 Å². The molecule has 1 aliphatic heterocycles. The Labute approximate surface area is 145 Å². The van der Waals surface area contributed by atoms with E-state index in [1.807, 2.05) is 11.8 Å². The van der Waals surface area contributed by atoms with Crippen molar-refractivity contribution in [2.45, 2.75) is 13.3 Å². The summed E-state index contributed by atoms with van der Waals surface area (Å²) in [6.07, 6.45) is 0.716. The van der Waals surface area contributed by atoms with E-state index in [0.717, 1.165) is 0 Å². The van der Waals surface area contributed by atoms with E-state index in [9.17, 15) is 4.79 Å². The second kappa shape index (κ2) is 7.53. The summed E-state index contributed by atoms with van der Waals surface area (Å²) in [5, 5.41) is 8.64. The summed E-state index contributed by atoms with van der Waals surface area (Å²) in [4.78, 5) is 16.0. The Bertz CT molecular complexity index is 681. The van der Waals surface area contributed by atoms with Gasteiger partial charge in [0, 0.05) is 37.6 Å². The van der Waals surface area contributed by atoms with Crippen LogP contribution >= 0.6 is 11.6 Å². The summed E-state index contributed by atoms with van der Waals surface area (Å²) in [6, 6.07) is 7.48. The zero-order valence-corrected chi connectivity index (χ0v) is 14.2. The van der Waals surface area contributed by atoms with Crippen molar-refractivity contribution in [2.75, 3.05) is 37.7 Å². The molecule has 0 unspecified atom stereocenters. The van der Waals surface area contributed by atoms with E-state index in [0.29, 0.717) is 55.3 Å². The summed E-state index contributed by atoms with van der Waals surface area (Å²) in [5.74, 6) is 1.22. The average Bonchev–Trinajstić information content (AvgIpc) is 3.10. The second-order valence-corrected chi connectivity index (χ2v) is 5.88. The molecule has 8 heteroatoms. The predicted molar refractivity (Wildman–Crippen MR) is 89.4 cm³/mol. The van der Waals surface area contributed by atoms with Crippen LogP contribution in [0.25, 0.3) is 0 Å². The summed E-state index contributed by atoms with van der Waals surface area (Å²) >= 11 is 5.82. The topological polar surface area (TPSA) is 71.7 Å². The van der Waals surface area contributed by atoms with Gasteiger partial charge in [-0.2, -0.15) is 0 Å². The standard InChI is InChI=1S/C16H19ClN4O3/c1-2-14-18-19-16(24-14)21-9-7-20(8-10-21)15(22)11-23-13-5-3-12(17)4-6-13/h3-6H,2,7-11H2,1H3. The highest BCUT2D eigenvalue weighted by Gasteiger charge is 2.24. The van der Waals surface area contributed by atoms with E-state index >= 15 is 0 Å². The number of halogens is 1. The number of hydrogen-bond donors (Lipinski definition) is 0. The maximum absolute atomic E-state index is 12.2. The van der Waals surface area contributed by atoms with Crippen LogP contribution in [0.1, 0.15) is 12.8 Å². The summed E-state index contributed by atoms with van der Waals surface area (Å²) in [5.41, 5.74) is 0. The zero-order chi connectivity index (χ0) is 16.9. The van der Waals surface area contributed by atoms with Gasteiger partial charge in [0.05, 0.1) is 0 Å². The SMILES string of the molecule is CCc1nnc(N2CCN(C(=O)COc3ccc(Cl)cc3)CC2)o1. The Morgan fingerprint density at radius 1 is 1.21 bits per heavy atom. The number of benzene rings is 1. The van der Waals surface area contributed by atoms with Gasteiger partial charge in [0.1, 0.15) is 5.75 Å². The fourth-order valence-corrected chi connectivity index (χ4v) is 2.56. The van der Waals surface area contributed by atoms with Gasteiger partial charge in [-0.1, -0.05) is 23.6 Å². The lowest BCUT2D eigenvalue weighted by Gasteiger charge is -2.33. The van der Waals surface area contributed by atoms with E-state index < -0.39 is 0 Å². The number of aryl methyl sites for hydroxylation is 1. The van der Waals surface area contributed by atoms with Crippen LogP contribution in [0.15, 0.2) is 28.7 Å². The fraction of sp³-hybridized carbons (Fsp3) is 0.438. The van der Waals surface area contributed by atoms with E-state index in [2.05, 4.69) is 10.2 Å². The molecule has 1 saturated heterocycles. The Balaban J connectivity index is 1.47. The van der Waals surface area contributed by atoms with Crippen LogP contribution < -0.4 is 9.64 Å². The van der Waals surface area contributed by atoms with Gasteiger partial charge in [0.2, 0.25) is 5.89 Å². The second-order valence-electron chi connectivity index (χ2n) is 5.44. The van der Waals surface area contributed by atoms with Crippen LogP contribution in [-0.4, -0.2) is 53.8 Å². The molecule has 0 aliphatic carbocycles. The normalized spacial score (nSPS) is 14.8. The third-order valence-corrected chi connectivity index (χ3v) is 4.09. The number of aromatic nitrogens is 2. The molecular weight excluding hydrogens is 332 g/mol. The first-order chi connectivity index (χ1) is 11.7. The maximum Gasteiger partial charge on any atom is 0.318 e. The number of amides is 1. The molecule has 3 rings (SSSR count). The molecule has 0 saturated carbocycles. The Kier molecular flexibility index (Phi) is 5.20. The molecule has 1 amide bonds. The zero-order valence-electron chi connectivity index (χ0n) is 13.4. The number of ether oxygens (including phenoxy) is 1. The van der Waals surface area contributed by atoms with Gasteiger partial charge in [-0.3, -0.25) is 4.79 Å². The molecular formula is C16H19ClN4O3. The molecule has 0 bridgehead atoms. The number of rotatable bonds is 5. The monoisotopic (exact) mass is 350 g/mol. The summed E-state index contributed by atoms with van der Waals surface area (Å²) < 4.78 is 11.0. The highest BCUT2D eigenvalue weighted by molar-refractivity contribution is 6.30. The van der Waals surface area contributed by atoms with E-state index in [4.69, 9.17) is 20.8 Å². The first kappa shape index (κ1) is 16.6. The van der Waals surface area contributed by atoms with Crippen molar-refractivity contribution in [3.8, 4) is 5.75 Å². The van der Waals surface area contributed by atoms with Crippen molar-refractivity contribution in [1.29, 1.82) is 0 Å². The lowest BCUT2D eigenvalue weighted by atomic mass is 10.3. The third-order valence-electron chi connectivity index (χ3n) is 3.84. The number of piperazine rings is 1. The van der Waals surface area contributed by atoms with Crippen LogP contribution in [0.3, 0.4) is 0 Å². The molecule has 1 aliphatic rings. The fourth-order valence-electron chi connectivity index (χ4n) is 2.43. The number of carbonyl (C=O) groups excluding carboxylic acids is 1. The Hall–Kier alpha value is -2.28. The lowest BCUT2D eigenvalue weighted by Crippen LogP contribution is -2.50. The quantitative estimate of drug-likeness (QED) is 0.821. The molecule has 0 radical (unpaired) electrons. The number of anilines is 1. The van der Waals surface area contributed by atoms with Crippen molar-refractivity contribution in [3.05, 3.63) is 35.2 Å². The molecule has 0 atom stereocenters. The van der Waals surface area contributed by atoms with Gasteiger partial charge in [-0.25, -0.2) is 0 Å². The smallest absolute Gasteiger partial charge is 0.318 e. The van der Waals surface area contributed by atoms with Gasteiger partial charge in [-0.05, 0) is 24.3 Å². The van der Waals surface area contributed by atoms with Crippen LogP contribution in [0.2, 0.25) is 5.02 Å². The molecule has 7 nitrogen and oxygen atoms in total. The molecule has 1 fully saturated rings. The van der Waals surface area contributed by atoms with Gasteiger partial charge in [0.15, 0.2) is 6.61 Å². The van der Waals surface area contributed by atoms with Crippen LogP contribution in [0.4, 0.5) is 6.01 Å². The number of carbonyl (C=O) groups is 1. The minimum atomic E-state index is -0.0376. The summed E-state index contributed by atoms with van der Waals surface area (Å²) in [7, 11) is 0. The average molecular weight is 351 g/mol. The largest absolute Gasteiger partial charge is 0.484 e. The number of nitrogens with zero attached hydrogens (tertiary/aromatic N) is 4. The Morgan fingerprint density at radius 3 is 2.54 bits per heavy atom. The first-order valence-electron chi connectivity index (χ1n) is 7.89. The van der Waals surface area contributed by atoms with E-state index in [1.54, 1.807) is 29.2 Å². The molecule has 1 aromatic carbocycles. The van der Waals surface area contributed by atoms with Gasteiger partial charge in [-0.15, -0.1) is 5.10 Å². The molecule has 0 N–H and O–H groups in total. The van der Waals surface area contributed by atoms with Gasteiger partial charge >= 0.3 is 6.01 Å². The van der Waals surface area contributed by atoms with Crippen molar-refractivity contribution >= 4 is 23.5 Å². The van der Waals surface area contributed by atoms with Gasteiger partial charge in [0.25, 0.3) is 5.91 Å². The highest BCUT2D eigenvalue weighted by Crippen LogP contribution is 2.17. The first-order valence-corrected chi connectivity index (χ1v) is 8.27. The minimum absolute atomic E-state index is 0.0160. The minimum Gasteiger partial charge on any atom is -0.484 e. The lowest BCUT2D eigenvalue weighted by molar-refractivity contribution is -0.133. The number of hydrogen-bond acceptors (Lipinski definition) is 6.